The number of ketones is 1. The van der Waals surface area contributed by atoms with Gasteiger partial charge >= 0.3 is 0 Å². The summed E-state index contributed by atoms with van der Waals surface area (Å²) in [5.41, 5.74) is 1.13. The lowest BCUT2D eigenvalue weighted by Crippen LogP contribution is -2.44. The summed E-state index contributed by atoms with van der Waals surface area (Å²) in [7, 11) is 0. The number of hydrogen-bond acceptors (Lipinski definition) is 4. The van der Waals surface area contributed by atoms with Crippen LogP contribution in [0.25, 0.3) is 0 Å². The molecule has 2 aliphatic rings. The maximum atomic E-state index is 11.5. The van der Waals surface area contributed by atoms with Crippen LogP contribution in [0, 0.1) is 6.92 Å². The number of rotatable bonds is 3. The molecule has 2 bridgehead atoms. The molecule has 0 spiro atoms. The van der Waals surface area contributed by atoms with Crippen molar-refractivity contribution in [2.75, 3.05) is 6.54 Å². The molecule has 3 rings (SSSR count). The second kappa shape index (κ2) is 4.50. The molecule has 0 N–H and O–H groups in total. The molecule has 2 saturated heterocycles. The summed E-state index contributed by atoms with van der Waals surface area (Å²) < 4.78 is 0. The van der Waals surface area contributed by atoms with Crippen molar-refractivity contribution in [3.05, 3.63) is 16.1 Å². The van der Waals surface area contributed by atoms with Gasteiger partial charge in [-0.3, -0.25) is 9.69 Å². The molecule has 4 heteroatoms. The van der Waals surface area contributed by atoms with Gasteiger partial charge < -0.3 is 0 Å². The second-order valence-corrected chi connectivity index (χ2v) is 6.15. The van der Waals surface area contributed by atoms with E-state index in [2.05, 4.69) is 15.3 Å². The van der Waals surface area contributed by atoms with Gasteiger partial charge in [0.1, 0.15) is 5.78 Å². The minimum atomic E-state index is 0.471. The van der Waals surface area contributed by atoms with Crippen molar-refractivity contribution in [2.45, 2.75) is 51.1 Å². The fourth-order valence-corrected chi connectivity index (χ4v) is 3.93. The molecular weight excluding hydrogens is 232 g/mol. The van der Waals surface area contributed by atoms with Gasteiger partial charge in [0.05, 0.1) is 5.01 Å². The molecule has 1 aromatic rings. The number of carbonyl (C=O) groups is 1. The molecule has 2 unspecified atom stereocenters. The van der Waals surface area contributed by atoms with Crippen LogP contribution in [-0.4, -0.2) is 34.3 Å². The third-order valence-corrected chi connectivity index (χ3v) is 4.97. The van der Waals surface area contributed by atoms with E-state index in [1.54, 1.807) is 11.3 Å². The first-order chi connectivity index (χ1) is 8.22. The largest absolute Gasteiger partial charge is 0.300 e. The van der Waals surface area contributed by atoms with Gasteiger partial charge in [0.15, 0.2) is 0 Å². The summed E-state index contributed by atoms with van der Waals surface area (Å²) in [6, 6.07) is 1.06. The number of nitrogens with zero attached hydrogens (tertiary/aromatic N) is 2. The first kappa shape index (κ1) is 11.4. The predicted molar refractivity (Wildman–Crippen MR) is 68.3 cm³/mol. The molecular formula is C13H18N2OS. The molecule has 0 saturated carbocycles. The standard InChI is InChI=1S/C13H18N2OS/c1-9-8-17-13(14-9)4-5-15-10-2-3-11(15)7-12(16)6-10/h8,10-11H,2-7H2,1H3. The van der Waals surface area contributed by atoms with E-state index < -0.39 is 0 Å². The molecule has 2 aliphatic heterocycles. The van der Waals surface area contributed by atoms with E-state index in [0.717, 1.165) is 31.5 Å². The minimum Gasteiger partial charge on any atom is -0.300 e. The van der Waals surface area contributed by atoms with Crippen LogP contribution in [0.5, 0.6) is 0 Å². The van der Waals surface area contributed by atoms with E-state index in [-0.39, 0.29) is 0 Å². The quantitative estimate of drug-likeness (QED) is 0.824. The van der Waals surface area contributed by atoms with Crippen molar-refractivity contribution in [3.8, 4) is 0 Å². The highest BCUT2D eigenvalue weighted by molar-refractivity contribution is 7.09. The zero-order valence-corrected chi connectivity index (χ0v) is 11.0. The van der Waals surface area contributed by atoms with Gasteiger partial charge in [0, 0.05) is 49.0 Å². The maximum absolute atomic E-state index is 11.5. The van der Waals surface area contributed by atoms with Gasteiger partial charge in [-0.25, -0.2) is 4.98 Å². The Morgan fingerprint density at radius 2 is 2.12 bits per heavy atom. The summed E-state index contributed by atoms with van der Waals surface area (Å²) in [6.45, 7) is 3.12. The Labute approximate surface area is 106 Å². The van der Waals surface area contributed by atoms with Crippen LogP contribution in [0.4, 0.5) is 0 Å². The fourth-order valence-electron chi connectivity index (χ4n) is 3.17. The lowest BCUT2D eigenvalue weighted by atomic mass is 10.0. The van der Waals surface area contributed by atoms with Crippen LogP contribution >= 0.6 is 11.3 Å². The van der Waals surface area contributed by atoms with E-state index in [1.165, 1.54) is 17.8 Å². The van der Waals surface area contributed by atoms with E-state index >= 15 is 0 Å². The molecule has 0 amide bonds. The van der Waals surface area contributed by atoms with Crippen LogP contribution in [0.15, 0.2) is 5.38 Å². The van der Waals surface area contributed by atoms with Gasteiger partial charge in [-0.1, -0.05) is 0 Å². The fraction of sp³-hybridized carbons (Fsp3) is 0.692. The molecule has 2 atom stereocenters. The average molecular weight is 250 g/mol. The van der Waals surface area contributed by atoms with Gasteiger partial charge in [0.2, 0.25) is 0 Å². The summed E-state index contributed by atoms with van der Waals surface area (Å²) in [5, 5.41) is 3.35. The number of Topliss-reactive ketones (excluding diaryl/α,β-unsaturated/α-hetero) is 1. The van der Waals surface area contributed by atoms with E-state index in [1.807, 2.05) is 6.92 Å². The monoisotopic (exact) mass is 250 g/mol. The van der Waals surface area contributed by atoms with E-state index in [4.69, 9.17) is 0 Å². The SMILES string of the molecule is Cc1csc(CCN2C3CCC2CC(=O)C3)n1. The number of fused-ring (bicyclic) bond motifs is 2. The Kier molecular flexibility index (Phi) is 3.01. The van der Waals surface area contributed by atoms with Crippen molar-refractivity contribution < 1.29 is 4.79 Å². The molecule has 0 aromatic carbocycles. The molecule has 92 valence electrons. The normalized spacial score (nSPS) is 28.9. The molecule has 0 radical (unpaired) electrons. The van der Waals surface area contributed by atoms with Crippen molar-refractivity contribution in [2.24, 2.45) is 0 Å². The van der Waals surface area contributed by atoms with Gasteiger partial charge in [-0.05, 0) is 19.8 Å². The Hall–Kier alpha value is -0.740. The summed E-state index contributed by atoms with van der Waals surface area (Å²) in [6.07, 6.45) is 5.04. The molecule has 0 aliphatic carbocycles. The summed E-state index contributed by atoms with van der Waals surface area (Å²) in [4.78, 5) is 18.6. The topological polar surface area (TPSA) is 33.2 Å². The van der Waals surface area contributed by atoms with Crippen LogP contribution < -0.4 is 0 Å². The van der Waals surface area contributed by atoms with E-state index in [0.29, 0.717) is 17.9 Å². The highest BCUT2D eigenvalue weighted by atomic mass is 32.1. The van der Waals surface area contributed by atoms with Crippen molar-refractivity contribution >= 4 is 17.1 Å². The number of aromatic nitrogens is 1. The van der Waals surface area contributed by atoms with Gasteiger partial charge in [0.25, 0.3) is 0 Å². The van der Waals surface area contributed by atoms with Crippen molar-refractivity contribution in [3.63, 3.8) is 0 Å². The maximum Gasteiger partial charge on any atom is 0.136 e. The molecule has 17 heavy (non-hydrogen) atoms. The third kappa shape index (κ3) is 2.29. The zero-order chi connectivity index (χ0) is 11.8. The van der Waals surface area contributed by atoms with Crippen LogP contribution in [-0.2, 0) is 11.2 Å². The number of hydrogen-bond donors (Lipinski definition) is 0. The first-order valence-electron chi connectivity index (χ1n) is 6.41. The molecule has 3 nitrogen and oxygen atoms in total. The Morgan fingerprint density at radius 1 is 1.41 bits per heavy atom. The average Bonchev–Trinajstić information content (AvgIpc) is 2.79. The number of piperidine rings is 1. The Morgan fingerprint density at radius 3 is 2.71 bits per heavy atom. The number of aryl methyl sites for hydroxylation is 1. The summed E-state index contributed by atoms with van der Waals surface area (Å²) in [5.74, 6) is 0.471. The smallest absolute Gasteiger partial charge is 0.136 e. The van der Waals surface area contributed by atoms with Crippen LogP contribution in [0.2, 0.25) is 0 Å². The Bertz CT molecular complexity index is 413. The molecule has 1 aromatic heterocycles. The lowest BCUT2D eigenvalue weighted by molar-refractivity contribution is -0.123. The zero-order valence-electron chi connectivity index (χ0n) is 10.2. The lowest BCUT2D eigenvalue weighted by Gasteiger charge is -2.33. The molecule has 3 heterocycles. The van der Waals surface area contributed by atoms with Crippen molar-refractivity contribution in [1.82, 2.24) is 9.88 Å². The predicted octanol–water partition coefficient (Wildman–Crippen LogP) is 2.19. The van der Waals surface area contributed by atoms with Gasteiger partial charge in [-0.15, -0.1) is 11.3 Å². The third-order valence-electron chi connectivity index (χ3n) is 3.95. The number of carbonyl (C=O) groups excluding carboxylic acids is 1. The van der Waals surface area contributed by atoms with Gasteiger partial charge in [-0.2, -0.15) is 0 Å². The first-order valence-corrected chi connectivity index (χ1v) is 7.29. The summed E-state index contributed by atoms with van der Waals surface area (Å²) >= 11 is 1.76. The highest BCUT2D eigenvalue weighted by Crippen LogP contribution is 2.33. The van der Waals surface area contributed by atoms with Crippen LogP contribution in [0.1, 0.15) is 36.4 Å². The highest BCUT2D eigenvalue weighted by Gasteiger charge is 2.39. The number of thiazole rings is 1. The Balaban J connectivity index is 1.61. The van der Waals surface area contributed by atoms with Crippen molar-refractivity contribution in [1.29, 1.82) is 0 Å². The van der Waals surface area contributed by atoms with E-state index in [9.17, 15) is 4.79 Å². The minimum absolute atomic E-state index is 0.471. The van der Waals surface area contributed by atoms with Crippen LogP contribution in [0.3, 0.4) is 0 Å². The molecule has 2 fully saturated rings. The second-order valence-electron chi connectivity index (χ2n) is 5.20.